The fourth-order valence-electron chi connectivity index (χ4n) is 2.39. The first kappa shape index (κ1) is 17.0. The number of aromatic nitrogens is 3. The third-order valence-corrected chi connectivity index (χ3v) is 4.69. The number of nitrogens with zero attached hydrogens (tertiary/aromatic N) is 2. The van der Waals surface area contributed by atoms with Crippen molar-refractivity contribution in [1.29, 1.82) is 0 Å². The Morgan fingerprint density at radius 1 is 1.46 bits per heavy atom. The van der Waals surface area contributed by atoms with Gasteiger partial charge >= 0.3 is 5.69 Å². The zero-order chi connectivity index (χ0) is 17.3. The van der Waals surface area contributed by atoms with E-state index in [1.165, 1.54) is 4.57 Å². The summed E-state index contributed by atoms with van der Waals surface area (Å²) < 4.78 is 31.0. The zero-order valence-corrected chi connectivity index (χ0v) is 14.6. The lowest BCUT2D eigenvalue weighted by molar-refractivity contribution is 0.287. The second kappa shape index (κ2) is 6.96. The van der Waals surface area contributed by atoms with Gasteiger partial charge in [-0.15, -0.1) is 0 Å². The molecule has 1 heterocycles. The predicted molar refractivity (Wildman–Crippen MR) is 88.7 cm³/mol. The Bertz CT molecular complexity index is 877. The number of hydrogen-bond donors (Lipinski definition) is 3. The number of benzene rings is 1. The molecule has 130 valence electrons. The largest absolute Gasteiger partial charge is 0.485 e. The lowest BCUT2D eigenvalue weighted by atomic mass is 10.1. The minimum atomic E-state index is -2.70. The van der Waals surface area contributed by atoms with E-state index in [1.54, 1.807) is 13.1 Å². The van der Waals surface area contributed by atoms with Crippen LogP contribution in [0.15, 0.2) is 16.9 Å². The molecule has 10 heteroatoms. The smallest absolute Gasteiger partial charge is 0.343 e. The summed E-state index contributed by atoms with van der Waals surface area (Å²) in [7, 11) is -1.10. The first-order valence-corrected chi connectivity index (χ1v) is 8.94. The summed E-state index contributed by atoms with van der Waals surface area (Å²) in [5.41, 5.74) is 1.32. The van der Waals surface area contributed by atoms with E-state index in [9.17, 15) is 13.2 Å². The summed E-state index contributed by atoms with van der Waals surface area (Å²) in [4.78, 5) is 11.4. The molecular formula is C14H17ClN4O4S. The molecule has 2 N–H and O–H groups in total. The van der Waals surface area contributed by atoms with Gasteiger partial charge in [0.1, 0.15) is 12.4 Å². The molecule has 1 fully saturated rings. The molecule has 8 nitrogen and oxygen atoms in total. The predicted octanol–water partition coefficient (Wildman–Crippen LogP) is 0.834. The first-order valence-electron chi connectivity index (χ1n) is 7.39. The molecule has 0 saturated heterocycles. The van der Waals surface area contributed by atoms with E-state index in [0.29, 0.717) is 28.1 Å². The quantitative estimate of drug-likeness (QED) is 0.624. The molecule has 0 bridgehead atoms. The summed E-state index contributed by atoms with van der Waals surface area (Å²) >= 11 is 6.25. The van der Waals surface area contributed by atoms with Crippen molar-refractivity contribution in [2.45, 2.75) is 31.9 Å². The zero-order valence-electron chi connectivity index (χ0n) is 12.9. The number of halogens is 1. The Kier molecular flexibility index (Phi) is 4.93. The van der Waals surface area contributed by atoms with E-state index < -0.39 is 10.9 Å². The van der Waals surface area contributed by atoms with Crippen LogP contribution in [-0.2, 0) is 31.1 Å². The van der Waals surface area contributed by atoms with Crippen molar-refractivity contribution >= 4 is 22.5 Å². The van der Waals surface area contributed by atoms with Crippen molar-refractivity contribution in [1.82, 2.24) is 19.5 Å². The standard InChI is InChI=1S/C14H17ClN4O4S/c1-19-13(17-18-14(19)20)7-23-12-4-9(6-16-24(21)22)11(15)5-10(12)8-2-3-8/h4-5,8,24H,2-3,6-7H2,1H3,(H,18,20)(H,16,21,22). The van der Waals surface area contributed by atoms with Gasteiger partial charge in [0.2, 0.25) is 10.9 Å². The van der Waals surface area contributed by atoms with Gasteiger partial charge in [-0.2, -0.15) is 5.10 Å². The van der Waals surface area contributed by atoms with E-state index in [1.807, 2.05) is 6.07 Å². The molecule has 0 spiro atoms. The molecule has 1 aromatic heterocycles. The highest BCUT2D eigenvalue weighted by atomic mass is 35.5. The summed E-state index contributed by atoms with van der Waals surface area (Å²) in [6.07, 6.45) is 2.13. The molecule has 1 aliphatic rings. The summed E-state index contributed by atoms with van der Waals surface area (Å²) in [5, 5.41) is 6.76. The highest BCUT2D eigenvalue weighted by Crippen LogP contribution is 2.46. The molecule has 0 amide bonds. The highest BCUT2D eigenvalue weighted by molar-refractivity contribution is 7.70. The van der Waals surface area contributed by atoms with Crippen molar-refractivity contribution < 1.29 is 13.2 Å². The molecular weight excluding hydrogens is 356 g/mol. The number of aromatic amines is 1. The van der Waals surface area contributed by atoms with Crippen LogP contribution in [0.3, 0.4) is 0 Å². The van der Waals surface area contributed by atoms with Gasteiger partial charge in [0.05, 0.1) is 0 Å². The van der Waals surface area contributed by atoms with Crippen molar-refractivity contribution in [2.24, 2.45) is 7.05 Å². The van der Waals surface area contributed by atoms with Crippen LogP contribution in [0, 0.1) is 0 Å². The lowest BCUT2D eigenvalue weighted by Crippen LogP contribution is -2.16. The molecule has 0 unspecified atom stereocenters. The minimum Gasteiger partial charge on any atom is -0.485 e. The molecule has 0 aliphatic heterocycles. The van der Waals surface area contributed by atoms with Gasteiger partial charge in [-0.05, 0) is 42.0 Å². The van der Waals surface area contributed by atoms with Gasteiger partial charge in [-0.1, -0.05) is 11.6 Å². The van der Waals surface area contributed by atoms with E-state index in [0.717, 1.165) is 18.4 Å². The van der Waals surface area contributed by atoms with Crippen molar-refractivity contribution in [3.05, 3.63) is 44.6 Å². The number of hydrogen-bond acceptors (Lipinski definition) is 5. The van der Waals surface area contributed by atoms with Crippen LogP contribution in [0.1, 0.15) is 35.7 Å². The maximum atomic E-state index is 11.4. The second-order valence-electron chi connectivity index (χ2n) is 5.64. The summed E-state index contributed by atoms with van der Waals surface area (Å²) in [6.45, 7) is 0.221. The number of rotatable bonds is 7. The van der Waals surface area contributed by atoms with E-state index >= 15 is 0 Å². The van der Waals surface area contributed by atoms with Crippen LogP contribution in [0.25, 0.3) is 0 Å². The molecule has 1 aromatic carbocycles. The van der Waals surface area contributed by atoms with Crippen LogP contribution < -0.4 is 15.1 Å². The topological polar surface area (TPSA) is 106 Å². The molecule has 1 aliphatic carbocycles. The second-order valence-corrected chi connectivity index (χ2v) is 6.88. The fourth-order valence-corrected chi connectivity index (χ4v) is 2.92. The molecule has 2 aromatic rings. The summed E-state index contributed by atoms with van der Waals surface area (Å²) in [5.74, 6) is 1.51. The lowest BCUT2D eigenvalue weighted by Gasteiger charge is -2.14. The highest BCUT2D eigenvalue weighted by Gasteiger charge is 2.28. The Morgan fingerprint density at radius 3 is 2.79 bits per heavy atom. The average Bonchev–Trinajstić information content (AvgIpc) is 3.33. The molecule has 0 radical (unpaired) electrons. The number of ether oxygens (including phenoxy) is 1. The normalized spacial score (nSPS) is 14.3. The van der Waals surface area contributed by atoms with Gasteiger partial charge in [-0.3, -0.25) is 4.57 Å². The van der Waals surface area contributed by atoms with Crippen molar-refractivity contribution in [3.63, 3.8) is 0 Å². The third kappa shape index (κ3) is 3.80. The Morgan fingerprint density at radius 2 is 2.21 bits per heavy atom. The van der Waals surface area contributed by atoms with Gasteiger partial charge in [0.25, 0.3) is 0 Å². The maximum absolute atomic E-state index is 11.4. The van der Waals surface area contributed by atoms with Crippen LogP contribution >= 0.6 is 11.6 Å². The fraction of sp³-hybridized carbons (Fsp3) is 0.429. The van der Waals surface area contributed by atoms with Crippen LogP contribution in [-0.4, -0.2) is 23.2 Å². The van der Waals surface area contributed by atoms with E-state index in [4.69, 9.17) is 16.3 Å². The van der Waals surface area contributed by atoms with Gasteiger partial charge < -0.3 is 4.74 Å². The van der Waals surface area contributed by atoms with Gasteiger partial charge in [0.15, 0.2) is 5.82 Å². The Balaban J connectivity index is 1.84. The Labute approximate surface area is 144 Å². The van der Waals surface area contributed by atoms with Crippen LogP contribution in [0.4, 0.5) is 0 Å². The molecule has 0 atom stereocenters. The first-order chi connectivity index (χ1) is 11.5. The molecule has 1 saturated carbocycles. The Hall–Kier alpha value is -1.84. The van der Waals surface area contributed by atoms with Crippen molar-refractivity contribution in [2.75, 3.05) is 0 Å². The van der Waals surface area contributed by atoms with Gasteiger partial charge in [0, 0.05) is 18.6 Å². The third-order valence-electron chi connectivity index (χ3n) is 3.92. The average molecular weight is 373 g/mol. The van der Waals surface area contributed by atoms with E-state index in [-0.39, 0.29) is 18.8 Å². The van der Waals surface area contributed by atoms with Crippen molar-refractivity contribution in [3.8, 4) is 5.75 Å². The maximum Gasteiger partial charge on any atom is 0.343 e. The number of thiol groups is 1. The number of H-pyrrole nitrogens is 1. The molecule has 3 rings (SSSR count). The monoisotopic (exact) mass is 372 g/mol. The van der Waals surface area contributed by atoms with Crippen LogP contribution in [0.5, 0.6) is 5.75 Å². The van der Waals surface area contributed by atoms with Gasteiger partial charge in [-0.25, -0.2) is 23.0 Å². The molecule has 24 heavy (non-hydrogen) atoms. The minimum absolute atomic E-state index is 0.0970. The SMILES string of the molecule is Cn1c(COc2cc(CN[SH](=O)=O)c(Cl)cc2C2CC2)n[nH]c1=O. The van der Waals surface area contributed by atoms with Crippen LogP contribution in [0.2, 0.25) is 5.02 Å². The number of nitrogens with one attached hydrogen (secondary N) is 2. The summed E-state index contributed by atoms with van der Waals surface area (Å²) in [6, 6.07) is 3.57. The van der Waals surface area contributed by atoms with E-state index in [2.05, 4.69) is 14.9 Å².